The fraction of sp³-hybridized carbons (Fsp3) is 0.133. The summed E-state index contributed by atoms with van der Waals surface area (Å²) >= 11 is 0. The Bertz CT molecular complexity index is 783. The second kappa shape index (κ2) is 6.87. The Morgan fingerprint density at radius 2 is 1.71 bits per heavy atom. The number of para-hydroxylation sites is 1. The molecule has 0 saturated carbocycles. The van der Waals surface area contributed by atoms with Crippen molar-refractivity contribution in [3.8, 4) is 6.07 Å². The topological polar surface area (TPSA) is 95.7 Å². The van der Waals surface area contributed by atoms with E-state index in [0.717, 1.165) is 0 Å². The van der Waals surface area contributed by atoms with Crippen LogP contribution in [0.3, 0.4) is 0 Å². The van der Waals surface area contributed by atoms with E-state index in [1.165, 1.54) is 6.07 Å². The lowest BCUT2D eigenvalue weighted by atomic mass is 10.00. The summed E-state index contributed by atoms with van der Waals surface area (Å²) in [6.45, 7) is 0. The van der Waals surface area contributed by atoms with Gasteiger partial charge in [0, 0.05) is 18.1 Å². The molecule has 0 saturated heterocycles. The molecule has 0 fully saturated rings. The summed E-state index contributed by atoms with van der Waals surface area (Å²) in [6, 6.07) is 9.63. The van der Waals surface area contributed by atoms with Crippen LogP contribution < -0.4 is 5.32 Å². The van der Waals surface area contributed by atoms with E-state index >= 15 is 0 Å². The first-order valence-electron chi connectivity index (χ1n) is 6.52. The summed E-state index contributed by atoms with van der Waals surface area (Å²) in [5.41, 5.74) is 0.0111. The van der Waals surface area contributed by atoms with Crippen molar-refractivity contribution in [1.29, 1.82) is 5.26 Å². The molecule has 6 nitrogen and oxygen atoms in total. The Labute approximate surface area is 134 Å². The van der Waals surface area contributed by atoms with E-state index in [1.54, 1.807) is 30.3 Å². The summed E-state index contributed by atoms with van der Waals surface area (Å²) < 4.78 is 37.2. The summed E-state index contributed by atoms with van der Waals surface area (Å²) in [5.74, 6) is -5.03. The van der Waals surface area contributed by atoms with Crippen molar-refractivity contribution in [1.82, 2.24) is 9.97 Å². The van der Waals surface area contributed by atoms with Crippen molar-refractivity contribution in [3.05, 3.63) is 54.1 Å². The summed E-state index contributed by atoms with van der Waals surface area (Å²) in [5, 5.41) is 11.4. The van der Waals surface area contributed by atoms with Gasteiger partial charge in [0.1, 0.15) is 0 Å². The second-order valence-corrected chi connectivity index (χ2v) is 4.57. The number of carbonyl (C=O) groups is 2. The normalized spacial score (nSPS) is 12.1. The van der Waals surface area contributed by atoms with Gasteiger partial charge < -0.3 is 5.32 Å². The van der Waals surface area contributed by atoms with Gasteiger partial charge in [-0.1, -0.05) is 18.2 Å². The molecule has 0 aliphatic rings. The zero-order valence-corrected chi connectivity index (χ0v) is 11.9. The van der Waals surface area contributed by atoms with Gasteiger partial charge in [-0.3, -0.25) is 9.59 Å². The van der Waals surface area contributed by atoms with Crippen LogP contribution in [0.1, 0.15) is 16.2 Å². The highest BCUT2D eigenvalue weighted by atomic mass is 19.4. The molecule has 9 heteroatoms. The van der Waals surface area contributed by atoms with Crippen LogP contribution in [-0.2, 0) is 11.0 Å². The number of nitrogens with zero attached hydrogens (tertiary/aromatic N) is 3. The number of halogens is 3. The van der Waals surface area contributed by atoms with E-state index in [-0.39, 0.29) is 5.56 Å². The van der Waals surface area contributed by atoms with Crippen LogP contribution in [0.2, 0.25) is 0 Å². The fourth-order valence-corrected chi connectivity index (χ4v) is 1.74. The van der Waals surface area contributed by atoms with Crippen LogP contribution in [0, 0.1) is 17.2 Å². The van der Waals surface area contributed by atoms with Gasteiger partial charge in [-0.05, 0) is 12.1 Å². The number of alkyl halides is 3. The fourth-order valence-electron chi connectivity index (χ4n) is 1.74. The van der Waals surface area contributed by atoms with Gasteiger partial charge in [0.25, 0.3) is 0 Å². The molecule has 1 heterocycles. The van der Waals surface area contributed by atoms with Crippen molar-refractivity contribution >= 4 is 17.4 Å². The minimum atomic E-state index is -4.75. The molecule has 2 aromatic rings. The van der Waals surface area contributed by atoms with Crippen LogP contribution >= 0.6 is 0 Å². The molecule has 0 radical (unpaired) electrons. The van der Waals surface area contributed by atoms with Gasteiger partial charge in [0.2, 0.25) is 11.7 Å². The zero-order valence-electron chi connectivity index (χ0n) is 11.9. The maximum atomic E-state index is 12.4. The number of hydrogen-bond donors (Lipinski definition) is 1. The Morgan fingerprint density at radius 3 is 2.21 bits per heavy atom. The van der Waals surface area contributed by atoms with Gasteiger partial charge in [-0.2, -0.15) is 18.4 Å². The molecule has 1 aromatic heterocycles. The first kappa shape index (κ1) is 17.1. The Hall–Kier alpha value is -3.28. The SMILES string of the molecule is N#CC(C(=O)Nc1ccccc1)C(=O)c1cnc(C(F)(F)F)nc1. The standard InChI is InChI=1S/C15H9F3N4O2/c16-15(17,18)14-20-7-9(8-21-14)12(23)11(6-19)13(24)22-10-4-2-1-3-5-10/h1-5,7-8,11H,(H,22,24). The number of aromatic nitrogens is 2. The molecule has 2 rings (SSSR count). The third kappa shape index (κ3) is 3.92. The van der Waals surface area contributed by atoms with E-state index in [4.69, 9.17) is 5.26 Å². The van der Waals surface area contributed by atoms with Crippen LogP contribution in [0.25, 0.3) is 0 Å². The molecular weight excluding hydrogens is 325 g/mol. The van der Waals surface area contributed by atoms with Crippen LogP contribution in [-0.4, -0.2) is 21.7 Å². The maximum Gasteiger partial charge on any atom is 0.451 e. The van der Waals surface area contributed by atoms with Crippen molar-refractivity contribution < 1.29 is 22.8 Å². The lowest BCUT2D eigenvalue weighted by Gasteiger charge is -2.10. The predicted octanol–water partition coefficient (Wildman–Crippen LogP) is 2.46. The third-order valence-corrected chi connectivity index (χ3v) is 2.88. The molecule has 0 spiro atoms. The lowest BCUT2D eigenvalue weighted by Crippen LogP contribution is -2.29. The summed E-state index contributed by atoms with van der Waals surface area (Å²) in [4.78, 5) is 30.2. The second-order valence-electron chi connectivity index (χ2n) is 4.57. The van der Waals surface area contributed by atoms with Crippen LogP contribution in [0.4, 0.5) is 18.9 Å². The minimum absolute atomic E-state index is 0.363. The first-order valence-corrected chi connectivity index (χ1v) is 6.52. The van der Waals surface area contributed by atoms with Crippen LogP contribution in [0.5, 0.6) is 0 Å². The number of benzene rings is 1. The number of anilines is 1. The number of ketones is 1. The highest BCUT2D eigenvalue weighted by Crippen LogP contribution is 2.25. The Balaban J connectivity index is 2.17. The van der Waals surface area contributed by atoms with Gasteiger partial charge in [-0.25, -0.2) is 9.97 Å². The average molecular weight is 334 g/mol. The maximum absolute atomic E-state index is 12.4. The number of nitrogens with one attached hydrogen (secondary N) is 1. The summed E-state index contributed by atoms with van der Waals surface area (Å²) in [7, 11) is 0. The van der Waals surface area contributed by atoms with E-state index in [9.17, 15) is 22.8 Å². The largest absolute Gasteiger partial charge is 0.451 e. The molecule has 1 unspecified atom stereocenters. The van der Waals surface area contributed by atoms with Crippen molar-refractivity contribution in [2.75, 3.05) is 5.32 Å². The quantitative estimate of drug-likeness (QED) is 0.684. The Kier molecular flexibility index (Phi) is 4.89. The van der Waals surface area contributed by atoms with Crippen molar-refractivity contribution in [2.45, 2.75) is 6.18 Å². The van der Waals surface area contributed by atoms with Gasteiger partial charge in [0.15, 0.2) is 11.7 Å². The molecule has 122 valence electrons. The highest BCUT2D eigenvalue weighted by molar-refractivity contribution is 6.15. The van der Waals surface area contributed by atoms with E-state index in [0.29, 0.717) is 18.1 Å². The first-order chi connectivity index (χ1) is 11.3. The van der Waals surface area contributed by atoms with E-state index in [1.807, 2.05) is 0 Å². The highest BCUT2D eigenvalue weighted by Gasteiger charge is 2.35. The monoisotopic (exact) mass is 334 g/mol. The molecule has 0 aliphatic carbocycles. The van der Waals surface area contributed by atoms with Crippen molar-refractivity contribution in [3.63, 3.8) is 0 Å². The number of rotatable bonds is 4. The molecule has 0 bridgehead atoms. The number of Topliss-reactive ketones (excluding diaryl/α,β-unsaturated/α-hetero) is 1. The number of hydrogen-bond acceptors (Lipinski definition) is 5. The lowest BCUT2D eigenvalue weighted by molar-refractivity contribution is -0.145. The van der Waals surface area contributed by atoms with Gasteiger partial charge >= 0.3 is 6.18 Å². The molecule has 1 amide bonds. The Morgan fingerprint density at radius 1 is 1.12 bits per heavy atom. The molecule has 0 aliphatic heterocycles. The number of carbonyl (C=O) groups excluding carboxylic acids is 2. The predicted molar refractivity (Wildman–Crippen MR) is 75.5 cm³/mol. The van der Waals surface area contributed by atoms with Gasteiger partial charge in [-0.15, -0.1) is 0 Å². The van der Waals surface area contributed by atoms with E-state index in [2.05, 4.69) is 15.3 Å². The molecule has 1 aromatic carbocycles. The molecule has 1 atom stereocenters. The van der Waals surface area contributed by atoms with E-state index < -0.39 is 29.6 Å². The summed E-state index contributed by atoms with van der Waals surface area (Å²) in [6.07, 6.45) is -3.47. The molecular formula is C15H9F3N4O2. The van der Waals surface area contributed by atoms with Gasteiger partial charge in [0.05, 0.1) is 11.6 Å². The molecule has 24 heavy (non-hydrogen) atoms. The number of nitriles is 1. The smallest absolute Gasteiger partial charge is 0.325 e. The minimum Gasteiger partial charge on any atom is -0.325 e. The zero-order chi connectivity index (χ0) is 17.7. The van der Waals surface area contributed by atoms with Crippen LogP contribution in [0.15, 0.2) is 42.7 Å². The number of amides is 1. The molecule has 1 N–H and O–H groups in total. The van der Waals surface area contributed by atoms with Crippen molar-refractivity contribution in [2.24, 2.45) is 5.92 Å². The average Bonchev–Trinajstić information content (AvgIpc) is 2.55. The third-order valence-electron chi connectivity index (χ3n) is 2.88.